The minimum absolute atomic E-state index is 0.163. The molecule has 1 N–H and O–H groups in total. The van der Waals surface area contributed by atoms with Crippen LogP contribution >= 0.6 is 34.2 Å². The quantitative estimate of drug-likeness (QED) is 0.817. The molecule has 17 heavy (non-hydrogen) atoms. The first kappa shape index (κ1) is 12.4. The summed E-state index contributed by atoms with van der Waals surface area (Å²) in [7, 11) is 1.79. The van der Waals surface area contributed by atoms with E-state index in [2.05, 4.69) is 27.9 Å². The number of rotatable bonds is 2. The Kier molecular flexibility index (Phi) is 3.73. The number of anilines is 1. The number of hydrogen-bond donors (Lipinski definition) is 1. The molecule has 1 aromatic heterocycles. The Labute approximate surface area is 118 Å². The van der Waals surface area contributed by atoms with Crippen LogP contribution < -0.4 is 5.32 Å². The van der Waals surface area contributed by atoms with Crippen LogP contribution in [0.5, 0.6) is 0 Å². The van der Waals surface area contributed by atoms with E-state index >= 15 is 0 Å². The summed E-state index contributed by atoms with van der Waals surface area (Å²) in [5.41, 5.74) is 1.34. The lowest BCUT2D eigenvalue weighted by Crippen LogP contribution is -2.15. The molecule has 0 fully saturated rings. The number of nitrogens with one attached hydrogen (secondary N) is 1. The molecule has 0 bridgehead atoms. The van der Waals surface area contributed by atoms with E-state index in [4.69, 9.17) is 11.6 Å². The zero-order chi connectivity index (χ0) is 12.4. The van der Waals surface area contributed by atoms with Crippen LogP contribution in [0.2, 0.25) is 5.02 Å². The third-order valence-corrected chi connectivity index (χ3v) is 3.47. The van der Waals surface area contributed by atoms with Gasteiger partial charge in [0, 0.05) is 16.8 Å². The number of benzene rings is 1. The summed E-state index contributed by atoms with van der Waals surface area (Å²) in [6.07, 6.45) is 1.70. The first-order valence-corrected chi connectivity index (χ1v) is 6.41. The number of aryl methyl sites for hydroxylation is 1. The van der Waals surface area contributed by atoms with Crippen LogP contribution in [0.1, 0.15) is 10.5 Å². The molecule has 0 aliphatic heterocycles. The fourth-order valence-electron chi connectivity index (χ4n) is 1.50. The van der Waals surface area contributed by atoms with Crippen LogP contribution in [0.4, 0.5) is 5.69 Å². The van der Waals surface area contributed by atoms with Gasteiger partial charge in [-0.1, -0.05) is 23.7 Å². The number of aromatic nitrogens is 1. The second-order valence-corrected chi connectivity index (χ2v) is 5.19. The van der Waals surface area contributed by atoms with E-state index in [-0.39, 0.29) is 5.91 Å². The smallest absolute Gasteiger partial charge is 0.272 e. The summed E-state index contributed by atoms with van der Waals surface area (Å²) in [4.78, 5) is 12.0. The molecule has 0 saturated carbocycles. The maximum atomic E-state index is 12.0. The molecule has 2 aromatic rings. The van der Waals surface area contributed by atoms with Gasteiger partial charge in [-0.05, 0) is 40.8 Å². The fraction of sp³-hybridized carbons (Fsp3) is 0.0833. The van der Waals surface area contributed by atoms with E-state index in [9.17, 15) is 4.79 Å². The lowest BCUT2D eigenvalue weighted by molar-refractivity contribution is 0.101. The van der Waals surface area contributed by atoms with Crippen molar-refractivity contribution in [3.8, 4) is 0 Å². The van der Waals surface area contributed by atoms with Gasteiger partial charge in [-0.15, -0.1) is 0 Å². The van der Waals surface area contributed by atoms with E-state index < -0.39 is 0 Å². The van der Waals surface area contributed by atoms with Crippen molar-refractivity contribution in [1.82, 2.24) is 4.57 Å². The molecule has 0 atom stereocenters. The number of para-hydroxylation sites is 1. The van der Waals surface area contributed by atoms with Crippen molar-refractivity contribution >= 4 is 45.8 Å². The van der Waals surface area contributed by atoms with E-state index in [1.54, 1.807) is 23.9 Å². The molecule has 5 heteroatoms. The summed E-state index contributed by atoms with van der Waals surface area (Å²) >= 11 is 8.02. The van der Waals surface area contributed by atoms with Gasteiger partial charge < -0.3 is 9.88 Å². The SMILES string of the molecule is Cn1cc(Cl)cc1C(=O)Nc1ccccc1I. The molecule has 0 unspecified atom stereocenters. The van der Waals surface area contributed by atoms with Crippen LogP contribution in [0, 0.1) is 3.57 Å². The van der Waals surface area contributed by atoms with E-state index in [0.29, 0.717) is 10.7 Å². The van der Waals surface area contributed by atoms with Gasteiger partial charge >= 0.3 is 0 Å². The predicted molar refractivity (Wildman–Crippen MR) is 77.5 cm³/mol. The Bertz CT molecular complexity index is 565. The Morgan fingerprint density at radius 1 is 1.41 bits per heavy atom. The summed E-state index contributed by atoms with van der Waals surface area (Å²) in [5, 5.41) is 3.41. The average Bonchev–Trinajstić information content (AvgIpc) is 2.61. The number of halogens is 2. The molecule has 2 rings (SSSR count). The van der Waals surface area contributed by atoms with Crippen LogP contribution in [-0.2, 0) is 7.05 Å². The lowest BCUT2D eigenvalue weighted by Gasteiger charge is -2.07. The molecule has 0 aliphatic carbocycles. The zero-order valence-corrected chi connectivity index (χ0v) is 12.0. The normalized spacial score (nSPS) is 10.3. The molecule has 0 spiro atoms. The van der Waals surface area contributed by atoms with Crippen molar-refractivity contribution < 1.29 is 4.79 Å². The lowest BCUT2D eigenvalue weighted by atomic mass is 10.3. The van der Waals surface area contributed by atoms with Crippen LogP contribution in [0.15, 0.2) is 36.5 Å². The van der Waals surface area contributed by atoms with Crippen molar-refractivity contribution in [3.05, 3.63) is 50.8 Å². The molecule has 0 aliphatic rings. The highest BCUT2D eigenvalue weighted by Gasteiger charge is 2.12. The maximum Gasteiger partial charge on any atom is 0.272 e. The molecule has 1 aromatic carbocycles. The van der Waals surface area contributed by atoms with Gasteiger partial charge in [0.1, 0.15) is 5.69 Å². The second-order valence-electron chi connectivity index (χ2n) is 3.59. The summed E-state index contributed by atoms with van der Waals surface area (Å²) < 4.78 is 2.70. The molecule has 0 radical (unpaired) electrons. The van der Waals surface area contributed by atoms with Crippen molar-refractivity contribution in [2.75, 3.05) is 5.32 Å². The van der Waals surface area contributed by atoms with Gasteiger partial charge in [-0.2, -0.15) is 0 Å². The van der Waals surface area contributed by atoms with Gasteiger partial charge in [0.05, 0.1) is 10.7 Å². The average molecular weight is 361 g/mol. The Morgan fingerprint density at radius 2 is 2.12 bits per heavy atom. The fourth-order valence-corrected chi connectivity index (χ4v) is 2.27. The van der Waals surface area contributed by atoms with E-state index in [0.717, 1.165) is 9.26 Å². The topological polar surface area (TPSA) is 34.0 Å². The minimum Gasteiger partial charge on any atom is -0.345 e. The predicted octanol–water partition coefficient (Wildman–Crippen LogP) is 3.54. The van der Waals surface area contributed by atoms with Crippen LogP contribution in [0.3, 0.4) is 0 Å². The number of carbonyl (C=O) groups is 1. The summed E-state index contributed by atoms with van der Waals surface area (Å²) in [5.74, 6) is -0.163. The van der Waals surface area contributed by atoms with Gasteiger partial charge in [0.2, 0.25) is 0 Å². The number of nitrogens with zero attached hydrogens (tertiary/aromatic N) is 1. The standard InChI is InChI=1S/C12H10ClIN2O/c1-16-7-8(13)6-11(16)12(17)15-10-5-3-2-4-9(10)14/h2-7H,1H3,(H,15,17). The third kappa shape index (κ3) is 2.81. The molecule has 3 nitrogen and oxygen atoms in total. The van der Waals surface area contributed by atoms with Crippen molar-refractivity contribution in [2.24, 2.45) is 7.05 Å². The van der Waals surface area contributed by atoms with Crippen molar-refractivity contribution in [3.63, 3.8) is 0 Å². The number of amides is 1. The molecule has 88 valence electrons. The van der Waals surface area contributed by atoms with E-state index in [1.165, 1.54) is 0 Å². The third-order valence-electron chi connectivity index (χ3n) is 2.33. The highest BCUT2D eigenvalue weighted by atomic mass is 127. The van der Waals surface area contributed by atoms with Crippen LogP contribution in [0.25, 0.3) is 0 Å². The first-order valence-electron chi connectivity index (χ1n) is 4.95. The van der Waals surface area contributed by atoms with Crippen molar-refractivity contribution in [1.29, 1.82) is 0 Å². The molecular weight excluding hydrogens is 351 g/mol. The largest absolute Gasteiger partial charge is 0.345 e. The Hall–Kier alpha value is -1.01. The maximum absolute atomic E-state index is 12.0. The second kappa shape index (κ2) is 5.10. The monoisotopic (exact) mass is 360 g/mol. The highest BCUT2D eigenvalue weighted by Crippen LogP contribution is 2.19. The molecular formula is C12H10ClIN2O. The van der Waals surface area contributed by atoms with Gasteiger partial charge in [0.15, 0.2) is 0 Å². The van der Waals surface area contributed by atoms with Gasteiger partial charge in [-0.25, -0.2) is 0 Å². The number of carbonyl (C=O) groups excluding carboxylic acids is 1. The minimum atomic E-state index is -0.163. The zero-order valence-electron chi connectivity index (χ0n) is 9.08. The van der Waals surface area contributed by atoms with Crippen molar-refractivity contribution in [2.45, 2.75) is 0 Å². The Morgan fingerprint density at radius 3 is 2.71 bits per heavy atom. The highest BCUT2D eigenvalue weighted by molar-refractivity contribution is 14.1. The van der Waals surface area contributed by atoms with E-state index in [1.807, 2.05) is 24.3 Å². The molecule has 1 amide bonds. The van der Waals surface area contributed by atoms with Crippen LogP contribution in [-0.4, -0.2) is 10.5 Å². The summed E-state index contributed by atoms with van der Waals surface area (Å²) in [6.45, 7) is 0. The first-order chi connectivity index (χ1) is 8.08. The number of hydrogen-bond acceptors (Lipinski definition) is 1. The Balaban J connectivity index is 2.23. The molecule has 0 saturated heterocycles. The summed E-state index contributed by atoms with van der Waals surface area (Å²) in [6, 6.07) is 9.26. The molecule has 1 heterocycles. The van der Waals surface area contributed by atoms with Gasteiger partial charge in [0.25, 0.3) is 5.91 Å². The van der Waals surface area contributed by atoms with Gasteiger partial charge in [-0.3, -0.25) is 4.79 Å².